The van der Waals surface area contributed by atoms with Crippen molar-refractivity contribution in [1.82, 2.24) is 0 Å². The molecule has 1 heterocycles. The molecule has 4 nitrogen and oxygen atoms in total. The summed E-state index contributed by atoms with van der Waals surface area (Å²) in [6.07, 6.45) is 4.91. The van der Waals surface area contributed by atoms with Crippen LogP contribution in [0, 0.1) is 16.0 Å². The Morgan fingerprint density at radius 3 is 2.64 bits per heavy atom. The highest BCUT2D eigenvalue weighted by atomic mass is 35.5. The summed E-state index contributed by atoms with van der Waals surface area (Å²) in [7, 11) is 0. The average Bonchev–Trinajstić information content (AvgIpc) is 3.04. The Labute approximate surface area is 159 Å². The maximum absolute atomic E-state index is 11.5. The van der Waals surface area contributed by atoms with Crippen molar-refractivity contribution in [2.24, 2.45) is 5.92 Å². The molecule has 3 atom stereocenters. The number of halogens is 3. The van der Waals surface area contributed by atoms with Gasteiger partial charge in [-0.1, -0.05) is 53.0 Å². The van der Waals surface area contributed by atoms with Crippen molar-refractivity contribution in [3.63, 3.8) is 0 Å². The number of nitro benzene ring substituents is 1. The number of nitrogens with zero attached hydrogens (tertiary/aromatic N) is 1. The number of nitrogens with one attached hydrogen (secondary N) is 1. The van der Waals surface area contributed by atoms with E-state index in [1.807, 2.05) is 12.1 Å². The van der Waals surface area contributed by atoms with Crippen molar-refractivity contribution in [3.05, 3.63) is 78.8 Å². The van der Waals surface area contributed by atoms with Crippen LogP contribution in [0.5, 0.6) is 0 Å². The molecule has 2 aromatic carbocycles. The van der Waals surface area contributed by atoms with Gasteiger partial charge in [-0.2, -0.15) is 0 Å². The summed E-state index contributed by atoms with van der Waals surface area (Å²) in [4.78, 5) is 11.1. The minimum Gasteiger partial charge on any atom is -0.376 e. The first-order chi connectivity index (χ1) is 12.0. The van der Waals surface area contributed by atoms with Gasteiger partial charge >= 0.3 is 0 Å². The summed E-state index contributed by atoms with van der Waals surface area (Å²) in [5.74, 6) is 0.0513. The highest BCUT2D eigenvalue weighted by Crippen LogP contribution is 2.54. The average molecular weight is 396 g/mol. The standard InChI is InChI=1S/C18H13Cl3N2O2/c19-9-4-5-12(14(21)8-9)17-11-3-1-2-10(11)16-15(23(24)25)7-6-13(20)18(16)22-17/h1-2,4-8,10-11,17,22H,3H2/t10-,11-,17-/m1/s1. The van der Waals surface area contributed by atoms with E-state index in [4.69, 9.17) is 34.8 Å². The van der Waals surface area contributed by atoms with Crippen LogP contribution in [0.15, 0.2) is 42.5 Å². The quantitative estimate of drug-likeness (QED) is 0.364. The van der Waals surface area contributed by atoms with Gasteiger partial charge in [-0.25, -0.2) is 0 Å². The molecule has 1 N–H and O–H groups in total. The van der Waals surface area contributed by atoms with Crippen molar-refractivity contribution in [3.8, 4) is 0 Å². The summed E-state index contributed by atoms with van der Waals surface area (Å²) < 4.78 is 0. The number of hydrogen-bond acceptors (Lipinski definition) is 3. The van der Waals surface area contributed by atoms with Crippen molar-refractivity contribution >= 4 is 46.2 Å². The number of anilines is 1. The summed E-state index contributed by atoms with van der Waals surface area (Å²) in [6.45, 7) is 0. The van der Waals surface area contributed by atoms with Crippen molar-refractivity contribution in [1.29, 1.82) is 0 Å². The fraction of sp³-hybridized carbons (Fsp3) is 0.222. The Bertz CT molecular complexity index is 913. The second kappa shape index (κ2) is 6.20. The molecule has 0 fully saturated rings. The van der Waals surface area contributed by atoms with Crippen molar-refractivity contribution in [2.45, 2.75) is 18.4 Å². The highest BCUT2D eigenvalue weighted by molar-refractivity contribution is 6.35. The second-order valence-corrected chi connectivity index (χ2v) is 7.50. The van der Waals surface area contributed by atoms with E-state index < -0.39 is 0 Å². The topological polar surface area (TPSA) is 55.2 Å². The van der Waals surface area contributed by atoms with Gasteiger partial charge in [-0.15, -0.1) is 0 Å². The zero-order chi connectivity index (χ0) is 17.7. The first kappa shape index (κ1) is 16.7. The van der Waals surface area contributed by atoms with Crippen LogP contribution in [0.25, 0.3) is 0 Å². The van der Waals surface area contributed by atoms with Gasteiger partial charge in [-0.3, -0.25) is 10.1 Å². The van der Waals surface area contributed by atoms with Gasteiger partial charge in [0.2, 0.25) is 0 Å². The molecule has 0 aromatic heterocycles. The summed E-state index contributed by atoms with van der Waals surface area (Å²) in [5.41, 5.74) is 2.27. The number of nitro groups is 1. The Morgan fingerprint density at radius 1 is 1.12 bits per heavy atom. The third-order valence-corrected chi connectivity index (χ3v) is 5.82. The fourth-order valence-corrected chi connectivity index (χ4v) is 4.62. The smallest absolute Gasteiger partial charge is 0.275 e. The Kier molecular flexibility index (Phi) is 4.14. The summed E-state index contributed by atoms with van der Waals surface area (Å²) >= 11 is 18.8. The van der Waals surface area contributed by atoms with Crippen LogP contribution in [0.2, 0.25) is 15.1 Å². The predicted molar refractivity (Wildman–Crippen MR) is 101 cm³/mol. The lowest BCUT2D eigenvalue weighted by Crippen LogP contribution is -2.30. The van der Waals surface area contributed by atoms with E-state index >= 15 is 0 Å². The summed E-state index contributed by atoms with van der Waals surface area (Å²) in [5, 5.41) is 16.5. The molecule has 0 unspecified atom stereocenters. The summed E-state index contributed by atoms with van der Waals surface area (Å²) in [6, 6.07) is 8.34. The maximum Gasteiger partial charge on any atom is 0.275 e. The van der Waals surface area contributed by atoms with Crippen molar-refractivity contribution in [2.75, 3.05) is 5.32 Å². The molecule has 1 aliphatic carbocycles. The van der Waals surface area contributed by atoms with E-state index in [9.17, 15) is 10.1 Å². The fourth-order valence-electron chi connectivity index (χ4n) is 3.88. The lowest BCUT2D eigenvalue weighted by atomic mass is 9.76. The van der Waals surface area contributed by atoms with Crippen LogP contribution in [-0.4, -0.2) is 4.92 Å². The molecular weight excluding hydrogens is 383 g/mol. The van der Waals surface area contributed by atoms with Crippen molar-refractivity contribution < 1.29 is 4.92 Å². The van der Waals surface area contributed by atoms with Gasteiger partial charge in [0.15, 0.2) is 0 Å². The van der Waals surface area contributed by atoms with Gasteiger partial charge in [0.05, 0.1) is 27.2 Å². The Hall–Kier alpha value is -1.75. The first-order valence-electron chi connectivity index (χ1n) is 7.82. The molecule has 128 valence electrons. The molecule has 25 heavy (non-hydrogen) atoms. The third kappa shape index (κ3) is 2.69. The molecule has 0 amide bonds. The zero-order valence-corrected chi connectivity index (χ0v) is 15.1. The van der Waals surface area contributed by atoms with Gasteiger partial charge in [0, 0.05) is 22.0 Å². The molecule has 0 spiro atoms. The molecule has 0 bridgehead atoms. The molecule has 2 aromatic rings. The minimum atomic E-state index is -0.352. The van der Waals surface area contributed by atoms with E-state index in [0.29, 0.717) is 26.3 Å². The Balaban J connectivity index is 1.89. The zero-order valence-electron chi connectivity index (χ0n) is 12.9. The number of fused-ring (bicyclic) bond motifs is 3. The van der Waals surface area contributed by atoms with Crippen LogP contribution < -0.4 is 5.32 Å². The minimum absolute atomic E-state index is 0.0768. The van der Waals surface area contributed by atoms with Crippen LogP contribution in [0.1, 0.15) is 29.5 Å². The van der Waals surface area contributed by atoms with Crippen LogP contribution in [-0.2, 0) is 0 Å². The van der Waals surface area contributed by atoms with Gasteiger partial charge < -0.3 is 5.32 Å². The van der Waals surface area contributed by atoms with E-state index in [2.05, 4.69) is 11.4 Å². The van der Waals surface area contributed by atoms with E-state index in [-0.39, 0.29) is 28.5 Å². The maximum atomic E-state index is 11.5. The molecule has 4 rings (SSSR count). The molecule has 0 saturated carbocycles. The molecule has 2 aliphatic rings. The van der Waals surface area contributed by atoms with Gasteiger partial charge in [0.25, 0.3) is 5.69 Å². The lowest BCUT2D eigenvalue weighted by Gasteiger charge is -2.37. The molecule has 1 aliphatic heterocycles. The monoisotopic (exact) mass is 394 g/mol. The normalized spacial score (nSPS) is 23.7. The molecule has 0 saturated heterocycles. The van der Waals surface area contributed by atoms with E-state index in [1.165, 1.54) is 6.07 Å². The van der Waals surface area contributed by atoms with E-state index in [0.717, 1.165) is 12.0 Å². The lowest BCUT2D eigenvalue weighted by molar-refractivity contribution is -0.385. The SMILES string of the molecule is O=[N+]([O-])c1ccc(Cl)c2c1[C@@H]1C=CC[C@H]1[C@H](c1ccc(Cl)cc1Cl)N2. The molecule has 7 heteroatoms. The number of benzene rings is 2. The first-order valence-corrected chi connectivity index (χ1v) is 8.95. The van der Waals surface area contributed by atoms with Crippen LogP contribution in [0.4, 0.5) is 11.4 Å². The molecule has 0 radical (unpaired) electrons. The highest BCUT2D eigenvalue weighted by Gasteiger charge is 2.42. The molecular formula is C18H13Cl3N2O2. The van der Waals surface area contributed by atoms with Gasteiger partial charge in [0.1, 0.15) is 0 Å². The second-order valence-electron chi connectivity index (χ2n) is 6.25. The Morgan fingerprint density at radius 2 is 1.92 bits per heavy atom. The number of rotatable bonds is 2. The predicted octanol–water partition coefficient (Wildman–Crippen LogP) is 6.38. The third-order valence-electron chi connectivity index (χ3n) is 4.94. The number of hydrogen-bond donors (Lipinski definition) is 1. The van der Waals surface area contributed by atoms with Crippen LogP contribution in [0.3, 0.4) is 0 Å². The van der Waals surface area contributed by atoms with Crippen LogP contribution >= 0.6 is 34.8 Å². The largest absolute Gasteiger partial charge is 0.376 e. The van der Waals surface area contributed by atoms with Gasteiger partial charge in [-0.05, 0) is 36.1 Å². The van der Waals surface area contributed by atoms with E-state index in [1.54, 1.807) is 18.2 Å². The number of allylic oxidation sites excluding steroid dienone is 2.